The monoisotopic (exact) mass is 532 g/mol. The van der Waals surface area contributed by atoms with Gasteiger partial charge in [-0.2, -0.15) is 0 Å². The molecule has 2 nitrogen and oxygen atoms in total. The van der Waals surface area contributed by atoms with Crippen LogP contribution in [0.15, 0.2) is 12.2 Å². The van der Waals surface area contributed by atoms with E-state index in [9.17, 15) is 9.90 Å². The van der Waals surface area contributed by atoms with Gasteiger partial charge in [0.1, 0.15) is 0 Å². The summed E-state index contributed by atoms with van der Waals surface area (Å²) in [5.41, 5.74) is 0. The molecule has 0 aliphatic carbocycles. The van der Waals surface area contributed by atoms with E-state index in [1.54, 1.807) is 0 Å². The van der Waals surface area contributed by atoms with E-state index in [4.69, 9.17) is 12.2 Å². The van der Waals surface area contributed by atoms with Crippen LogP contribution < -0.4 is 5.11 Å². The number of carbonyl (C=O) groups excluding carboxylic acids is 1. The third kappa shape index (κ3) is 30.4. The second-order valence-corrected chi connectivity index (χ2v) is 17.5. The van der Waals surface area contributed by atoms with Crippen molar-refractivity contribution in [2.45, 2.75) is 124 Å². The molecule has 29 heavy (non-hydrogen) atoms. The molecule has 0 heterocycles. The van der Waals surface area contributed by atoms with E-state index in [0.29, 0.717) is 12.8 Å². The summed E-state index contributed by atoms with van der Waals surface area (Å²) in [5.74, 6) is -1.33. The Bertz CT molecular complexity index is 380. The standard InChI is InChI=1S/C22H40O2S.3CH3.Sn/c1-2-3-4-5-6-7-8-9-10-11-12-13-14-15-16-17-18-21(19-20-25)22(23)24;;;;/h9-10,20-21H,2-8,11-19H2,1H3,(H,23,24);3*1H3;/q;;;;+1/p-1/b10-9-;;;;. The number of allylic oxidation sites excluding steroid dienone is 2. The molecule has 0 spiro atoms. The quantitative estimate of drug-likeness (QED) is 0.0749. The van der Waals surface area contributed by atoms with Gasteiger partial charge in [0.25, 0.3) is 0 Å². The fraction of sp³-hybridized carbons (Fsp3) is 0.840. The number of aliphatic carboxylic acids is 1. The molecule has 1 unspecified atom stereocenters. The van der Waals surface area contributed by atoms with Crippen LogP contribution in [-0.2, 0) is 4.79 Å². The number of hydrogen-bond donors (Lipinski definition) is 0. The van der Waals surface area contributed by atoms with Crippen molar-refractivity contribution in [2.75, 3.05) is 0 Å². The van der Waals surface area contributed by atoms with Crippen molar-refractivity contribution < 1.29 is 9.90 Å². The van der Waals surface area contributed by atoms with Crippen molar-refractivity contribution in [1.82, 2.24) is 0 Å². The predicted octanol–water partition coefficient (Wildman–Crippen LogP) is 7.54. The zero-order chi connectivity index (χ0) is 22.2. The van der Waals surface area contributed by atoms with E-state index in [2.05, 4.69) is 33.9 Å². The average Bonchev–Trinajstić information content (AvgIpc) is 2.66. The summed E-state index contributed by atoms with van der Waals surface area (Å²) in [6.07, 6.45) is 23.7. The first-order valence-corrected chi connectivity index (χ1v) is 21.0. The van der Waals surface area contributed by atoms with Gasteiger partial charge in [-0.3, -0.25) is 0 Å². The van der Waals surface area contributed by atoms with Gasteiger partial charge in [-0.1, -0.05) is 95.5 Å². The van der Waals surface area contributed by atoms with Crippen LogP contribution in [0.2, 0.25) is 14.8 Å². The molecular formula is C25H48O2SSn. The zero-order valence-electron chi connectivity index (χ0n) is 19.8. The van der Waals surface area contributed by atoms with Crippen molar-refractivity contribution >= 4 is 43.3 Å². The van der Waals surface area contributed by atoms with E-state index < -0.39 is 25.7 Å². The normalized spacial score (nSPS) is 11.7. The van der Waals surface area contributed by atoms with Crippen LogP contribution in [0.3, 0.4) is 0 Å². The van der Waals surface area contributed by atoms with Crippen molar-refractivity contribution in [3.63, 3.8) is 0 Å². The molecule has 0 bridgehead atoms. The molecule has 0 aliphatic rings. The molecule has 0 saturated heterocycles. The molecule has 0 radical (unpaired) electrons. The second-order valence-electron chi connectivity index (χ2n) is 8.64. The van der Waals surface area contributed by atoms with E-state index in [1.165, 1.54) is 82.4 Å². The number of carboxylic acid groups (broad SMARTS) is 1. The molecule has 0 aromatic rings. The molecule has 0 amide bonds. The molecule has 0 rings (SSSR count). The first kappa shape index (κ1) is 31.3. The Labute approximate surface area is 195 Å². The molecule has 0 N–H and O–H groups in total. The van der Waals surface area contributed by atoms with Crippen LogP contribution in [0.4, 0.5) is 0 Å². The Balaban J connectivity index is 0. The van der Waals surface area contributed by atoms with Crippen LogP contribution in [0.25, 0.3) is 0 Å². The Morgan fingerprint density at radius 3 is 1.66 bits per heavy atom. The second kappa shape index (κ2) is 26.1. The van der Waals surface area contributed by atoms with E-state index >= 15 is 0 Å². The maximum atomic E-state index is 10.9. The summed E-state index contributed by atoms with van der Waals surface area (Å²) in [4.78, 5) is 18.0. The van der Waals surface area contributed by atoms with E-state index in [-0.39, 0.29) is 5.92 Å². The Kier molecular flexibility index (Phi) is 28.2. The number of carbonyl (C=O) groups is 1. The number of hydrogen-bond acceptors (Lipinski definition) is 3. The van der Waals surface area contributed by atoms with Crippen molar-refractivity contribution in [3.8, 4) is 0 Å². The van der Waals surface area contributed by atoms with E-state index in [1.807, 2.05) is 0 Å². The summed E-state index contributed by atoms with van der Waals surface area (Å²) in [5, 5.41) is 12.4. The third-order valence-electron chi connectivity index (χ3n) is 4.78. The summed E-state index contributed by atoms with van der Waals surface area (Å²) < 4.78 is 0. The molecule has 0 aromatic carbocycles. The van der Waals surface area contributed by atoms with Crippen molar-refractivity contribution in [1.29, 1.82) is 0 Å². The number of unbranched alkanes of at least 4 members (excludes halogenated alkanes) is 12. The maximum absolute atomic E-state index is 10.9. The Morgan fingerprint density at radius 2 is 1.24 bits per heavy atom. The van der Waals surface area contributed by atoms with E-state index in [0.717, 1.165) is 12.8 Å². The van der Waals surface area contributed by atoms with Gasteiger partial charge in [0, 0.05) is 11.9 Å². The first-order valence-electron chi connectivity index (χ1n) is 12.0. The van der Waals surface area contributed by atoms with Gasteiger partial charge in [-0.05, 0) is 43.9 Å². The third-order valence-corrected chi connectivity index (χ3v) is 4.97. The Morgan fingerprint density at radius 1 is 0.828 bits per heavy atom. The Hall–Kier alpha value is 0.0987. The number of carboxylic acids is 1. The molecular weight excluding hydrogens is 483 g/mol. The minimum absolute atomic E-state index is 0.380. The molecule has 0 aromatic heterocycles. The van der Waals surface area contributed by atoms with Gasteiger partial charge >= 0.3 is 34.6 Å². The molecule has 0 saturated carbocycles. The van der Waals surface area contributed by atoms with Gasteiger partial charge < -0.3 is 9.90 Å². The van der Waals surface area contributed by atoms with Crippen LogP contribution in [0.1, 0.15) is 110 Å². The average molecular weight is 531 g/mol. The fourth-order valence-corrected chi connectivity index (χ4v) is 3.32. The zero-order valence-corrected chi connectivity index (χ0v) is 23.5. The molecule has 1 atom stereocenters. The van der Waals surface area contributed by atoms with Gasteiger partial charge in [0.05, 0.1) is 0 Å². The SMILES string of the molecule is CCCCCCCC/C=C\CCCCCCCCC(CC=S)C(=O)[O-].[CH3][Sn+]([CH3])[CH3]. The summed E-state index contributed by atoms with van der Waals surface area (Å²) in [7, 11) is 0. The topological polar surface area (TPSA) is 40.1 Å². The van der Waals surface area contributed by atoms with Gasteiger partial charge in [0.15, 0.2) is 0 Å². The molecule has 0 fully saturated rings. The summed E-state index contributed by atoms with van der Waals surface area (Å²) >= 11 is 4.20. The van der Waals surface area contributed by atoms with Crippen molar-refractivity contribution in [2.24, 2.45) is 5.92 Å². The van der Waals surface area contributed by atoms with Crippen LogP contribution in [-0.4, -0.2) is 31.1 Å². The fourth-order valence-electron chi connectivity index (χ4n) is 3.09. The van der Waals surface area contributed by atoms with Crippen LogP contribution in [0.5, 0.6) is 0 Å². The van der Waals surface area contributed by atoms with Gasteiger partial charge in [0.2, 0.25) is 0 Å². The van der Waals surface area contributed by atoms with Crippen molar-refractivity contribution in [3.05, 3.63) is 12.2 Å². The summed E-state index contributed by atoms with van der Waals surface area (Å²) in [6, 6.07) is 0. The summed E-state index contributed by atoms with van der Waals surface area (Å²) in [6.45, 7) is 2.26. The number of rotatable bonds is 19. The molecule has 170 valence electrons. The minimum atomic E-state index is -0.950. The molecule has 4 heteroatoms. The molecule has 0 aliphatic heterocycles. The number of thiocarbonyl (C=S) groups is 1. The van der Waals surface area contributed by atoms with Gasteiger partial charge in [-0.25, -0.2) is 0 Å². The van der Waals surface area contributed by atoms with Crippen LogP contribution >= 0.6 is 12.2 Å². The van der Waals surface area contributed by atoms with Crippen LogP contribution in [0, 0.1) is 5.92 Å². The van der Waals surface area contributed by atoms with Gasteiger partial charge in [-0.15, -0.1) is 0 Å². The predicted molar refractivity (Wildman–Crippen MR) is 134 cm³/mol. The first-order chi connectivity index (χ1) is 14.0.